The average Bonchev–Trinajstić information content (AvgIpc) is 2.38. The van der Waals surface area contributed by atoms with Crippen LogP contribution in [-0.4, -0.2) is 86.3 Å². The second-order valence-electron chi connectivity index (χ2n) is 3.39. The van der Waals surface area contributed by atoms with E-state index >= 15 is 0 Å². The van der Waals surface area contributed by atoms with E-state index in [1.165, 1.54) is 21.3 Å². The summed E-state index contributed by atoms with van der Waals surface area (Å²) in [4.78, 5) is 0. The molecule has 0 saturated heterocycles. The predicted molar refractivity (Wildman–Crippen MR) is 57.9 cm³/mol. The van der Waals surface area contributed by atoms with Gasteiger partial charge in [0.2, 0.25) is 0 Å². The van der Waals surface area contributed by atoms with E-state index in [1.54, 1.807) is 0 Å². The van der Waals surface area contributed by atoms with Gasteiger partial charge in [-0.25, -0.2) is 0 Å². The highest BCUT2D eigenvalue weighted by atomic mass is 28.4. The first kappa shape index (κ1) is 16.9. The maximum atomic E-state index is 9.83. The number of aliphatic hydroxyl groups excluding tert-OH is 5. The van der Waals surface area contributed by atoms with E-state index in [-0.39, 0.29) is 0 Å². The molecule has 0 aliphatic carbocycles. The third kappa shape index (κ3) is 3.68. The van der Waals surface area contributed by atoms with Crippen LogP contribution in [0.25, 0.3) is 0 Å². The lowest BCUT2D eigenvalue weighted by atomic mass is 10.1. The van der Waals surface area contributed by atoms with Crippen LogP contribution >= 0.6 is 0 Å². The van der Waals surface area contributed by atoms with Gasteiger partial charge >= 0.3 is 8.80 Å². The topological polar surface area (TPSA) is 129 Å². The highest BCUT2D eigenvalue weighted by Gasteiger charge is 2.52. The van der Waals surface area contributed by atoms with E-state index in [9.17, 15) is 15.3 Å². The summed E-state index contributed by atoms with van der Waals surface area (Å²) >= 11 is 0. The lowest BCUT2D eigenvalue weighted by Crippen LogP contribution is -2.62. The van der Waals surface area contributed by atoms with Crippen LogP contribution in [0, 0.1) is 0 Å². The van der Waals surface area contributed by atoms with Crippen molar-refractivity contribution < 1.29 is 38.8 Å². The second-order valence-corrected chi connectivity index (χ2v) is 6.42. The first-order chi connectivity index (χ1) is 7.90. The van der Waals surface area contributed by atoms with Gasteiger partial charge in [-0.1, -0.05) is 0 Å². The standard InChI is InChI=1S/C8H20O8Si/c1-14-17(15-2,16-3)8(13)7(12)6(11)5(10)4-9/h5-13H,4H2,1-3H3/t5-,6+,7-,8?/m1/s1. The third-order valence-electron chi connectivity index (χ3n) is 2.47. The summed E-state index contributed by atoms with van der Waals surface area (Å²) in [6.07, 6.45) is -5.11. The molecule has 0 saturated carbocycles. The third-order valence-corrected chi connectivity index (χ3v) is 5.24. The van der Waals surface area contributed by atoms with Gasteiger partial charge in [-0.05, 0) is 0 Å². The maximum absolute atomic E-state index is 9.83. The highest BCUT2D eigenvalue weighted by Crippen LogP contribution is 2.18. The molecule has 0 bridgehead atoms. The monoisotopic (exact) mass is 272 g/mol. The summed E-state index contributed by atoms with van der Waals surface area (Å²) < 4.78 is 14.7. The minimum Gasteiger partial charge on any atom is -0.394 e. The van der Waals surface area contributed by atoms with Crippen molar-refractivity contribution in [1.29, 1.82) is 0 Å². The number of hydrogen-bond acceptors (Lipinski definition) is 8. The van der Waals surface area contributed by atoms with Crippen molar-refractivity contribution in [1.82, 2.24) is 0 Å². The zero-order valence-electron chi connectivity index (χ0n) is 9.98. The fourth-order valence-corrected chi connectivity index (χ4v) is 3.18. The molecule has 8 nitrogen and oxygen atoms in total. The molecule has 0 radical (unpaired) electrons. The van der Waals surface area contributed by atoms with Gasteiger partial charge in [0.1, 0.15) is 18.3 Å². The first-order valence-electron chi connectivity index (χ1n) is 4.88. The van der Waals surface area contributed by atoms with Crippen LogP contribution in [0.5, 0.6) is 0 Å². The molecule has 9 heteroatoms. The fraction of sp³-hybridized carbons (Fsp3) is 1.00. The molecule has 0 heterocycles. The van der Waals surface area contributed by atoms with E-state index in [0.717, 1.165) is 0 Å². The Balaban J connectivity index is 4.82. The molecule has 5 N–H and O–H groups in total. The summed E-state index contributed by atoms with van der Waals surface area (Å²) in [5.74, 6) is 0. The van der Waals surface area contributed by atoms with Crippen molar-refractivity contribution in [2.45, 2.75) is 24.0 Å². The quantitative estimate of drug-likeness (QED) is 0.293. The Hall–Kier alpha value is -0.103. The summed E-state index contributed by atoms with van der Waals surface area (Å²) in [5, 5.41) is 46.7. The van der Waals surface area contributed by atoms with Gasteiger partial charge in [0.15, 0.2) is 5.73 Å². The Labute approximate surface area is 100 Å². The molecule has 0 aromatic carbocycles. The fourth-order valence-electron chi connectivity index (χ4n) is 1.34. The van der Waals surface area contributed by atoms with E-state index in [4.69, 9.17) is 23.5 Å². The van der Waals surface area contributed by atoms with Crippen molar-refractivity contribution >= 4 is 8.80 Å². The van der Waals surface area contributed by atoms with Crippen molar-refractivity contribution in [2.75, 3.05) is 27.9 Å². The molecule has 0 aromatic rings. The van der Waals surface area contributed by atoms with Crippen molar-refractivity contribution in [2.24, 2.45) is 0 Å². The highest BCUT2D eigenvalue weighted by molar-refractivity contribution is 6.62. The number of hydrogen-bond donors (Lipinski definition) is 5. The van der Waals surface area contributed by atoms with E-state index < -0.39 is 39.5 Å². The average molecular weight is 272 g/mol. The summed E-state index contributed by atoms with van der Waals surface area (Å²) in [5.41, 5.74) is -1.65. The Kier molecular flexibility index (Phi) is 7.31. The zero-order valence-corrected chi connectivity index (χ0v) is 11.0. The minimum atomic E-state index is -3.55. The van der Waals surface area contributed by atoms with Gasteiger partial charge in [-0.2, -0.15) is 0 Å². The van der Waals surface area contributed by atoms with E-state index in [1.807, 2.05) is 0 Å². The van der Waals surface area contributed by atoms with Crippen molar-refractivity contribution in [3.05, 3.63) is 0 Å². The van der Waals surface area contributed by atoms with Gasteiger partial charge in [0, 0.05) is 21.3 Å². The predicted octanol–water partition coefficient (Wildman–Crippen LogP) is -3.16. The van der Waals surface area contributed by atoms with Crippen LogP contribution in [-0.2, 0) is 13.3 Å². The Bertz CT molecular complexity index is 203. The van der Waals surface area contributed by atoms with Crippen LogP contribution in [0.1, 0.15) is 0 Å². The molecule has 17 heavy (non-hydrogen) atoms. The van der Waals surface area contributed by atoms with E-state index in [0.29, 0.717) is 0 Å². The molecule has 0 amide bonds. The van der Waals surface area contributed by atoms with Gasteiger partial charge in [-0.3, -0.25) is 0 Å². The molecule has 0 spiro atoms. The Morgan fingerprint density at radius 3 is 1.59 bits per heavy atom. The van der Waals surface area contributed by atoms with Gasteiger partial charge in [0.25, 0.3) is 0 Å². The number of aliphatic hydroxyl groups is 5. The van der Waals surface area contributed by atoms with Crippen LogP contribution in [0.15, 0.2) is 0 Å². The molecule has 0 aromatic heterocycles. The van der Waals surface area contributed by atoms with Crippen LogP contribution in [0.4, 0.5) is 0 Å². The molecule has 0 fully saturated rings. The molecular weight excluding hydrogens is 252 g/mol. The summed E-state index contributed by atoms with van der Waals surface area (Å²) in [7, 11) is 0.126. The molecule has 0 rings (SSSR count). The number of rotatable bonds is 8. The largest absolute Gasteiger partial charge is 0.533 e. The smallest absolute Gasteiger partial charge is 0.394 e. The maximum Gasteiger partial charge on any atom is 0.533 e. The van der Waals surface area contributed by atoms with Crippen molar-refractivity contribution in [3.63, 3.8) is 0 Å². The Morgan fingerprint density at radius 1 is 0.882 bits per heavy atom. The van der Waals surface area contributed by atoms with Gasteiger partial charge < -0.3 is 38.8 Å². The first-order valence-corrected chi connectivity index (χ1v) is 6.69. The second kappa shape index (κ2) is 7.36. The van der Waals surface area contributed by atoms with Crippen LogP contribution < -0.4 is 0 Å². The van der Waals surface area contributed by atoms with Gasteiger partial charge in [0.05, 0.1) is 6.61 Å². The summed E-state index contributed by atoms with van der Waals surface area (Å²) in [6, 6.07) is 0. The van der Waals surface area contributed by atoms with Crippen LogP contribution in [0.2, 0.25) is 0 Å². The molecule has 0 aliphatic heterocycles. The van der Waals surface area contributed by atoms with E-state index in [2.05, 4.69) is 0 Å². The summed E-state index contributed by atoms with van der Waals surface area (Å²) in [6.45, 7) is -0.757. The zero-order chi connectivity index (χ0) is 13.6. The Morgan fingerprint density at radius 2 is 1.29 bits per heavy atom. The minimum absolute atomic E-state index is 0.757. The van der Waals surface area contributed by atoms with Gasteiger partial charge in [-0.15, -0.1) is 0 Å². The molecule has 104 valence electrons. The van der Waals surface area contributed by atoms with Crippen molar-refractivity contribution in [3.8, 4) is 0 Å². The molecule has 0 aliphatic rings. The SMILES string of the molecule is CO[Si](OC)(OC)C(O)[C@H](O)[C@@H](O)[C@H](O)CO. The molecule has 4 atom stereocenters. The van der Waals surface area contributed by atoms with Crippen LogP contribution in [0.3, 0.4) is 0 Å². The normalized spacial score (nSPS) is 19.8. The molecular formula is C8H20O8Si. The lowest BCUT2D eigenvalue weighted by Gasteiger charge is -2.34. The lowest BCUT2D eigenvalue weighted by molar-refractivity contribution is -0.113. The molecule has 1 unspecified atom stereocenters.